The number of amides is 1. The minimum atomic E-state index is -0.701. The first-order valence-electron chi connectivity index (χ1n) is 6.54. The zero-order valence-electron chi connectivity index (χ0n) is 11.3. The molecule has 1 unspecified atom stereocenters. The molecule has 0 radical (unpaired) electrons. The Bertz CT molecular complexity index is 766. The molecule has 0 aliphatic heterocycles. The Morgan fingerprint density at radius 1 is 1.29 bits per heavy atom. The summed E-state index contributed by atoms with van der Waals surface area (Å²) >= 11 is 3.04. The molecular formula is C15H15N3OS2. The number of hydrogen-bond acceptors (Lipinski definition) is 5. The van der Waals surface area contributed by atoms with Gasteiger partial charge in [0, 0.05) is 18.0 Å². The van der Waals surface area contributed by atoms with Gasteiger partial charge in [0.2, 0.25) is 5.91 Å². The first-order valence-corrected chi connectivity index (χ1v) is 8.26. The average Bonchev–Trinajstić information content (AvgIpc) is 3.14. The maximum absolute atomic E-state index is 11.2. The second kappa shape index (κ2) is 5.55. The highest BCUT2D eigenvalue weighted by Gasteiger charge is 2.30. The molecule has 0 saturated carbocycles. The van der Waals surface area contributed by atoms with E-state index in [2.05, 4.69) is 10.4 Å². The number of rotatable bonds is 5. The highest BCUT2D eigenvalue weighted by Crippen LogP contribution is 2.35. The van der Waals surface area contributed by atoms with Gasteiger partial charge in [0.05, 0.1) is 10.2 Å². The lowest BCUT2D eigenvalue weighted by Crippen LogP contribution is -2.38. The van der Waals surface area contributed by atoms with Crippen molar-refractivity contribution < 1.29 is 4.79 Å². The number of primary amides is 1. The van der Waals surface area contributed by atoms with E-state index in [1.54, 1.807) is 11.3 Å². The van der Waals surface area contributed by atoms with E-state index in [0.29, 0.717) is 6.42 Å². The van der Waals surface area contributed by atoms with Crippen LogP contribution in [0.4, 0.5) is 0 Å². The molecule has 2 heterocycles. The number of hydrogen-bond donors (Lipinski definition) is 2. The van der Waals surface area contributed by atoms with Crippen molar-refractivity contribution in [3.05, 3.63) is 52.3 Å². The van der Waals surface area contributed by atoms with Crippen molar-refractivity contribution in [1.82, 2.24) is 4.37 Å². The van der Waals surface area contributed by atoms with Gasteiger partial charge in [-0.2, -0.15) is 15.7 Å². The molecule has 0 saturated heterocycles. The quantitative estimate of drug-likeness (QED) is 0.759. The van der Waals surface area contributed by atoms with Crippen LogP contribution in [0.5, 0.6) is 0 Å². The smallest absolute Gasteiger partial charge is 0.217 e. The van der Waals surface area contributed by atoms with Crippen LogP contribution >= 0.6 is 22.9 Å². The van der Waals surface area contributed by atoms with E-state index in [-0.39, 0.29) is 12.3 Å². The van der Waals surface area contributed by atoms with Crippen molar-refractivity contribution in [2.24, 2.45) is 11.5 Å². The van der Waals surface area contributed by atoms with Gasteiger partial charge in [-0.25, -0.2) is 0 Å². The predicted molar refractivity (Wildman–Crippen MR) is 87.3 cm³/mol. The molecule has 1 aromatic carbocycles. The minimum Gasteiger partial charge on any atom is -0.370 e. The summed E-state index contributed by atoms with van der Waals surface area (Å²) in [4.78, 5) is 11.2. The molecular weight excluding hydrogens is 302 g/mol. The van der Waals surface area contributed by atoms with Crippen molar-refractivity contribution in [1.29, 1.82) is 0 Å². The summed E-state index contributed by atoms with van der Waals surface area (Å²) in [5, 5.41) is 5.12. The molecule has 3 rings (SSSR count). The Morgan fingerprint density at radius 2 is 2.14 bits per heavy atom. The van der Waals surface area contributed by atoms with Crippen molar-refractivity contribution in [3.63, 3.8) is 0 Å². The maximum atomic E-state index is 11.2. The molecule has 0 bridgehead atoms. The van der Waals surface area contributed by atoms with Gasteiger partial charge < -0.3 is 11.5 Å². The van der Waals surface area contributed by atoms with E-state index in [9.17, 15) is 4.79 Å². The molecule has 21 heavy (non-hydrogen) atoms. The van der Waals surface area contributed by atoms with E-state index in [1.807, 2.05) is 35.2 Å². The normalized spacial score (nSPS) is 14.1. The summed E-state index contributed by atoms with van der Waals surface area (Å²) < 4.78 is 5.28. The lowest BCUT2D eigenvalue weighted by Gasteiger charge is -2.29. The number of benzene rings is 1. The molecule has 108 valence electrons. The van der Waals surface area contributed by atoms with Gasteiger partial charge in [0.15, 0.2) is 0 Å². The summed E-state index contributed by atoms with van der Waals surface area (Å²) in [5.74, 6) is -0.334. The SMILES string of the molecule is NC(=O)CCC(N)(c1ccsc1)c1ccc2cnsc2c1. The van der Waals surface area contributed by atoms with Crippen LogP contribution in [0.1, 0.15) is 24.0 Å². The Morgan fingerprint density at radius 3 is 2.86 bits per heavy atom. The minimum absolute atomic E-state index is 0.257. The first kappa shape index (κ1) is 14.2. The van der Waals surface area contributed by atoms with Gasteiger partial charge in [-0.3, -0.25) is 4.79 Å². The lowest BCUT2D eigenvalue weighted by molar-refractivity contribution is -0.118. The average molecular weight is 317 g/mol. The maximum Gasteiger partial charge on any atom is 0.217 e. The van der Waals surface area contributed by atoms with E-state index >= 15 is 0 Å². The third-order valence-corrected chi connectivity index (χ3v) is 5.12. The molecule has 6 heteroatoms. The molecule has 4 nitrogen and oxygen atoms in total. The highest BCUT2D eigenvalue weighted by molar-refractivity contribution is 7.13. The molecule has 2 aromatic heterocycles. The van der Waals surface area contributed by atoms with E-state index < -0.39 is 5.54 Å². The van der Waals surface area contributed by atoms with Crippen LogP contribution in [0.3, 0.4) is 0 Å². The fourth-order valence-corrected chi connectivity index (χ4v) is 3.86. The van der Waals surface area contributed by atoms with E-state index in [4.69, 9.17) is 11.5 Å². The van der Waals surface area contributed by atoms with Gasteiger partial charge >= 0.3 is 0 Å². The monoisotopic (exact) mass is 317 g/mol. The number of fused-ring (bicyclic) bond motifs is 1. The number of thiophene rings is 1. The second-order valence-electron chi connectivity index (χ2n) is 5.03. The summed E-state index contributed by atoms with van der Waals surface area (Å²) in [5.41, 5.74) is 13.3. The first-order chi connectivity index (χ1) is 10.1. The molecule has 0 aliphatic carbocycles. The molecule has 3 aromatic rings. The number of carbonyl (C=O) groups is 1. The van der Waals surface area contributed by atoms with Gasteiger partial charge in [0.1, 0.15) is 0 Å². The predicted octanol–water partition coefficient (Wildman–Crippen LogP) is 2.83. The molecule has 1 amide bonds. The number of aromatic nitrogens is 1. The Balaban J connectivity index is 2.07. The Hall–Kier alpha value is -1.76. The van der Waals surface area contributed by atoms with Crippen LogP contribution in [0.15, 0.2) is 41.2 Å². The van der Waals surface area contributed by atoms with E-state index in [0.717, 1.165) is 21.2 Å². The Labute approximate surface area is 130 Å². The highest BCUT2D eigenvalue weighted by atomic mass is 32.1. The number of nitrogens with zero attached hydrogens (tertiary/aromatic N) is 1. The molecule has 0 fully saturated rings. The second-order valence-corrected chi connectivity index (χ2v) is 6.64. The van der Waals surface area contributed by atoms with Crippen LogP contribution in [-0.4, -0.2) is 10.3 Å². The van der Waals surface area contributed by atoms with Gasteiger partial charge in [0.25, 0.3) is 0 Å². The topological polar surface area (TPSA) is 82.0 Å². The number of nitrogens with two attached hydrogens (primary N) is 2. The van der Waals surface area contributed by atoms with Crippen molar-refractivity contribution in [2.75, 3.05) is 0 Å². The van der Waals surface area contributed by atoms with E-state index in [1.165, 1.54) is 11.5 Å². The fraction of sp³-hybridized carbons (Fsp3) is 0.200. The van der Waals surface area contributed by atoms with Crippen LogP contribution in [0.2, 0.25) is 0 Å². The largest absolute Gasteiger partial charge is 0.370 e. The lowest BCUT2D eigenvalue weighted by atomic mass is 9.81. The molecule has 0 aliphatic rings. The summed E-state index contributed by atoms with van der Waals surface area (Å²) in [7, 11) is 0. The molecule has 4 N–H and O–H groups in total. The fourth-order valence-electron chi connectivity index (χ4n) is 2.43. The molecule has 0 spiro atoms. The summed E-state index contributed by atoms with van der Waals surface area (Å²) in [6, 6.07) is 8.09. The van der Waals surface area contributed by atoms with Crippen molar-refractivity contribution in [2.45, 2.75) is 18.4 Å². The van der Waals surface area contributed by atoms with Crippen molar-refractivity contribution >= 4 is 38.9 Å². The molecule has 1 atom stereocenters. The van der Waals surface area contributed by atoms with Crippen LogP contribution in [0, 0.1) is 0 Å². The van der Waals surface area contributed by atoms with Crippen LogP contribution in [0.25, 0.3) is 10.1 Å². The van der Waals surface area contributed by atoms with Crippen molar-refractivity contribution in [3.8, 4) is 0 Å². The van der Waals surface area contributed by atoms with Gasteiger partial charge in [-0.15, -0.1) is 0 Å². The number of carbonyl (C=O) groups excluding carboxylic acids is 1. The zero-order valence-corrected chi connectivity index (χ0v) is 12.9. The Kier molecular flexibility index (Phi) is 3.75. The third-order valence-electron chi connectivity index (χ3n) is 3.67. The summed E-state index contributed by atoms with van der Waals surface area (Å²) in [6.07, 6.45) is 2.59. The van der Waals surface area contributed by atoms with Gasteiger partial charge in [-0.1, -0.05) is 12.1 Å². The van der Waals surface area contributed by atoms with Crippen LogP contribution < -0.4 is 11.5 Å². The zero-order chi connectivity index (χ0) is 14.9. The summed E-state index contributed by atoms with van der Waals surface area (Å²) in [6.45, 7) is 0. The standard InChI is InChI=1S/C15H15N3OS2/c16-14(19)3-5-15(17,12-4-6-20-9-12)11-2-1-10-8-18-21-13(10)7-11/h1-2,4,6-9H,3,5,17H2,(H2,16,19). The van der Waals surface area contributed by atoms with Gasteiger partial charge in [-0.05, 0) is 52.0 Å². The third kappa shape index (κ3) is 2.70. The van der Waals surface area contributed by atoms with Crippen LogP contribution in [-0.2, 0) is 10.3 Å².